The van der Waals surface area contributed by atoms with Gasteiger partial charge >= 0.3 is 0 Å². The second kappa shape index (κ2) is 7.51. The fourth-order valence-corrected chi connectivity index (χ4v) is 2.92. The summed E-state index contributed by atoms with van der Waals surface area (Å²) in [6.45, 7) is 3.26. The summed E-state index contributed by atoms with van der Waals surface area (Å²) < 4.78 is 0. The highest BCUT2D eigenvalue weighted by Gasteiger charge is 2.21. The SMILES string of the molecule is O=C(C[CH]c1ccccc1)N1CCN(c2ccc(Cl)cc2)CC1. The minimum atomic E-state index is 0.199. The zero-order chi connectivity index (χ0) is 16.1. The van der Waals surface area contributed by atoms with Crippen LogP contribution >= 0.6 is 11.6 Å². The van der Waals surface area contributed by atoms with Gasteiger partial charge in [0.2, 0.25) is 5.91 Å². The maximum atomic E-state index is 12.3. The topological polar surface area (TPSA) is 23.6 Å². The van der Waals surface area contributed by atoms with Gasteiger partial charge in [-0.05, 0) is 36.2 Å². The number of benzene rings is 2. The molecule has 1 heterocycles. The Kier molecular flexibility index (Phi) is 5.19. The number of hydrogen-bond acceptors (Lipinski definition) is 2. The lowest BCUT2D eigenvalue weighted by molar-refractivity contribution is -0.130. The molecule has 4 heteroatoms. The second-order valence-corrected chi connectivity index (χ2v) is 6.10. The van der Waals surface area contributed by atoms with Gasteiger partial charge in [0.15, 0.2) is 0 Å². The maximum Gasteiger partial charge on any atom is 0.223 e. The minimum Gasteiger partial charge on any atom is -0.368 e. The molecule has 119 valence electrons. The summed E-state index contributed by atoms with van der Waals surface area (Å²) in [7, 11) is 0. The maximum absolute atomic E-state index is 12.3. The van der Waals surface area contributed by atoms with Crippen LogP contribution in [0, 0.1) is 6.42 Å². The summed E-state index contributed by atoms with van der Waals surface area (Å²) >= 11 is 5.93. The number of rotatable bonds is 4. The average molecular weight is 328 g/mol. The van der Waals surface area contributed by atoms with Gasteiger partial charge in [0, 0.05) is 43.3 Å². The summed E-state index contributed by atoms with van der Waals surface area (Å²) in [5.41, 5.74) is 2.26. The van der Waals surface area contributed by atoms with Crippen molar-refractivity contribution in [3.8, 4) is 0 Å². The summed E-state index contributed by atoms with van der Waals surface area (Å²) in [4.78, 5) is 16.6. The van der Waals surface area contributed by atoms with Crippen molar-refractivity contribution >= 4 is 23.2 Å². The molecule has 0 N–H and O–H groups in total. The predicted molar refractivity (Wildman–Crippen MR) is 94.7 cm³/mol. The first-order valence-corrected chi connectivity index (χ1v) is 8.27. The van der Waals surface area contributed by atoms with Crippen molar-refractivity contribution in [3.63, 3.8) is 0 Å². The van der Waals surface area contributed by atoms with Crippen molar-refractivity contribution in [3.05, 3.63) is 71.6 Å². The third-order valence-corrected chi connectivity index (χ3v) is 4.39. The van der Waals surface area contributed by atoms with E-state index < -0.39 is 0 Å². The van der Waals surface area contributed by atoms with Crippen molar-refractivity contribution in [2.45, 2.75) is 6.42 Å². The molecular weight excluding hydrogens is 308 g/mol. The molecule has 0 aromatic heterocycles. The molecule has 1 radical (unpaired) electrons. The Morgan fingerprint density at radius 2 is 1.61 bits per heavy atom. The lowest BCUT2D eigenvalue weighted by Crippen LogP contribution is -2.48. The smallest absolute Gasteiger partial charge is 0.223 e. The Morgan fingerprint density at radius 3 is 2.26 bits per heavy atom. The fraction of sp³-hybridized carbons (Fsp3) is 0.263. The third kappa shape index (κ3) is 4.26. The molecule has 2 aromatic rings. The van der Waals surface area contributed by atoms with E-state index in [1.165, 1.54) is 0 Å². The van der Waals surface area contributed by atoms with Gasteiger partial charge < -0.3 is 9.80 Å². The van der Waals surface area contributed by atoms with Crippen LogP contribution < -0.4 is 4.90 Å². The summed E-state index contributed by atoms with van der Waals surface area (Å²) in [6.07, 6.45) is 2.46. The van der Waals surface area contributed by atoms with Gasteiger partial charge in [0.05, 0.1) is 0 Å². The first kappa shape index (κ1) is 15.9. The summed E-state index contributed by atoms with van der Waals surface area (Å²) in [5, 5.41) is 0.749. The van der Waals surface area contributed by atoms with Gasteiger partial charge in [-0.3, -0.25) is 4.79 Å². The Hall–Kier alpha value is -2.00. The quantitative estimate of drug-likeness (QED) is 0.856. The van der Waals surface area contributed by atoms with Gasteiger partial charge in [-0.15, -0.1) is 0 Å². The monoisotopic (exact) mass is 327 g/mol. The number of halogens is 1. The predicted octanol–water partition coefficient (Wildman–Crippen LogP) is 3.63. The van der Waals surface area contributed by atoms with Crippen LogP contribution in [0.4, 0.5) is 5.69 Å². The Balaban J connectivity index is 1.48. The zero-order valence-corrected chi connectivity index (χ0v) is 13.7. The molecule has 1 saturated heterocycles. The molecule has 3 nitrogen and oxygen atoms in total. The van der Waals surface area contributed by atoms with Gasteiger partial charge in [-0.1, -0.05) is 41.9 Å². The minimum absolute atomic E-state index is 0.199. The molecule has 1 aliphatic heterocycles. The van der Waals surface area contributed by atoms with Crippen molar-refractivity contribution < 1.29 is 4.79 Å². The first-order valence-electron chi connectivity index (χ1n) is 7.89. The van der Waals surface area contributed by atoms with E-state index in [-0.39, 0.29) is 5.91 Å². The number of carbonyl (C=O) groups excluding carboxylic acids is 1. The molecule has 0 aliphatic carbocycles. The van der Waals surface area contributed by atoms with E-state index >= 15 is 0 Å². The number of nitrogens with zero attached hydrogens (tertiary/aromatic N) is 2. The molecule has 0 atom stereocenters. The van der Waals surface area contributed by atoms with Crippen molar-refractivity contribution in [2.24, 2.45) is 0 Å². The Bertz CT molecular complexity index is 634. The number of amides is 1. The number of hydrogen-bond donors (Lipinski definition) is 0. The van der Waals surface area contributed by atoms with Crippen LogP contribution in [0.3, 0.4) is 0 Å². The highest BCUT2D eigenvalue weighted by Crippen LogP contribution is 2.19. The lowest BCUT2D eigenvalue weighted by Gasteiger charge is -2.36. The van der Waals surface area contributed by atoms with Crippen LogP contribution in [0.1, 0.15) is 12.0 Å². The molecule has 1 aliphatic rings. The number of carbonyl (C=O) groups is 1. The normalized spacial score (nSPS) is 14.8. The fourth-order valence-electron chi connectivity index (χ4n) is 2.79. The first-order chi connectivity index (χ1) is 11.2. The Morgan fingerprint density at radius 1 is 0.957 bits per heavy atom. The van der Waals surface area contributed by atoms with Crippen LogP contribution in [-0.2, 0) is 4.79 Å². The van der Waals surface area contributed by atoms with Gasteiger partial charge in [-0.25, -0.2) is 0 Å². The molecule has 0 bridgehead atoms. The standard InChI is InChI=1S/C19H20ClN2O/c20-17-7-9-18(10-8-17)21-12-14-22(15-13-21)19(23)11-6-16-4-2-1-3-5-16/h1-10H,11-15H2. The van der Waals surface area contributed by atoms with E-state index in [2.05, 4.69) is 4.90 Å². The van der Waals surface area contributed by atoms with Crippen molar-refractivity contribution in [1.82, 2.24) is 4.90 Å². The van der Waals surface area contributed by atoms with E-state index in [1.807, 2.05) is 65.9 Å². The largest absolute Gasteiger partial charge is 0.368 e. The van der Waals surface area contributed by atoms with Crippen molar-refractivity contribution in [2.75, 3.05) is 31.1 Å². The van der Waals surface area contributed by atoms with Gasteiger partial charge in [0.1, 0.15) is 0 Å². The Labute approximate surface area is 142 Å². The average Bonchev–Trinajstić information content (AvgIpc) is 2.61. The molecule has 23 heavy (non-hydrogen) atoms. The molecule has 0 saturated carbocycles. The van der Waals surface area contributed by atoms with Crippen LogP contribution in [0.25, 0.3) is 0 Å². The summed E-state index contributed by atoms with van der Waals surface area (Å²) in [5.74, 6) is 0.199. The summed E-state index contributed by atoms with van der Waals surface area (Å²) in [6, 6.07) is 17.9. The molecular formula is C19H20ClN2O. The molecule has 1 amide bonds. The van der Waals surface area contributed by atoms with Crippen molar-refractivity contribution in [1.29, 1.82) is 0 Å². The van der Waals surface area contributed by atoms with Gasteiger partial charge in [0.25, 0.3) is 0 Å². The molecule has 0 spiro atoms. The van der Waals surface area contributed by atoms with Crippen LogP contribution in [-0.4, -0.2) is 37.0 Å². The zero-order valence-electron chi connectivity index (χ0n) is 13.0. The number of anilines is 1. The van der Waals surface area contributed by atoms with E-state index in [9.17, 15) is 4.79 Å². The van der Waals surface area contributed by atoms with E-state index in [0.29, 0.717) is 6.42 Å². The van der Waals surface area contributed by atoms with Gasteiger partial charge in [-0.2, -0.15) is 0 Å². The molecule has 2 aromatic carbocycles. The molecule has 3 rings (SSSR count). The van der Waals surface area contributed by atoms with Crippen LogP contribution in [0.15, 0.2) is 54.6 Å². The third-order valence-electron chi connectivity index (χ3n) is 4.14. The van der Waals surface area contributed by atoms with E-state index in [1.54, 1.807) is 0 Å². The molecule has 1 fully saturated rings. The lowest BCUT2D eigenvalue weighted by atomic mass is 10.1. The number of piperazine rings is 1. The highest BCUT2D eigenvalue weighted by molar-refractivity contribution is 6.30. The van der Waals surface area contributed by atoms with E-state index in [4.69, 9.17) is 11.6 Å². The molecule has 0 unspecified atom stereocenters. The van der Waals surface area contributed by atoms with Crippen LogP contribution in [0.5, 0.6) is 0 Å². The van der Waals surface area contributed by atoms with E-state index in [0.717, 1.165) is 42.5 Å². The highest BCUT2D eigenvalue weighted by atomic mass is 35.5. The second-order valence-electron chi connectivity index (χ2n) is 5.66. The van der Waals surface area contributed by atoms with Crippen LogP contribution in [0.2, 0.25) is 5.02 Å².